The Hall–Kier alpha value is -2.77. The van der Waals surface area contributed by atoms with Crippen LogP contribution >= 0.6 is 0 Å². The smallest absolute Gasteiger partial charge is 0.408 e. The van der Waals surface area contributed by atoms with Gasteiger partial charge in [-0.1, -0.05) is 18.2 Å². The molecule has 148 valence electrons. The van der Waals surface area contributed by atoms with Gasteiger partial charge in [-0.2, -0.15) is 0 Å². The molecule has 0 radical (unpaired) electrons. The summed E-state index contributed by atoms with van der Waals surface area (Å²) in [5.41, 5.74) is 0.292. The lowest BCUT2D eigenvalue weighted by molar-refractivity contribution is -0.133. The third kappa shape index (κ3) is 6.47. The van der Waals surface area contributed by atoms with E-state index in [4.69, 9.17) is 9.47 Å². The number of carbonyl (C=O) groups excluding carboxylic acids is 3. The maximum Gasteiger partial charge on any atom is 0.408 e. The first-order valence-electron chi connectivity index (χ1n) is 8.91. The van der Waals surface area contributed by atoms with Gasteiger partial charge < -0.3 is 25.0 Å². The van der Waals surface area contributed by atoms with Gasteiger partial charge in [0.25, 0.3) is 5.91 Å². The van der Waals surface area contributed by atoms with E-state index >= 15 is 0 Å². The SMILES string of the molecule is CC(NC(=O)OC(C)(C)C)C(=O)NCCN1Cc2ccccc2OCC1=O. The van der Waals surface area contributed by atoms with Gasteiger partial charge in [-0.15, -0.1) is 0 Å². The number of carbonyl (C=O) groups is 3. The van der Waals surface area contributed by atoms with Gasteiger partial charge in [-0.25, -0.2) is 4.79 Å². The molecule has 0 fully saturated rings. The minimum atomic E-state index is -0.747. The summed E-state index contributed by atoms with van der Waals surface area (Å²) in [5, 5.41) is 5.20. The number of fused-ring (bicyclic) bond motifs is 1. The van der Waals surface area contributed by atoms with E-state index in [9.17, 15) is 14.4 Å². The highest BCUT2D eigenvalue weighted by Crippen LogP contribution is 2.22. The van der Waals surface area contributed by atoms with Crippen LogP contribution in [-0.4, -0.2) is 54.1 Å². The number of hydrogen-bond acceptors (Lipinski definition) is 5. The fourth-order valence-electron chi connectivity index (χ4n) is 2.52. The summed E-state index contributed by atoms with van der Waals surface area (Å²) >= 11 is 0. The van der Waals surface area contributed by atoms with Crippen LogP contribution < -0.4 is 15.4 Å². The summed E-state index contributed by atoms with van der Waals surface area (Å²) in [5.74, 6) is 0.215. The van der Waals surface area contributed by atoms with Crippen LogP contribution in [0.2, 0.25) is 0 Å². The quantitative estimate of drug-likeness (QED) is 0.809. The van der Waals surface area contributed by atoms with Gasteiger partial charge in [-0.05, 0) is 33.8 Å². The Morgan fingerprint density at radius 1 is 1.30 bits per heavy atom. The van der Waals surface area contributed by atoms with Crippen molar-refractivity contribution in [3.8, 4) is 5.75 Å². The van der Waals surface area contributed by atoms with E-state index in [1.54, 1.807) is 32.6 Å². The van der Waals surface area contributed by atoms with Gasteiger partial charge >= 0.3 is 6.09 Å². The van der Waals surface area contributed by atoms with Crippen molar-refractivity contribution >= 4 is 17.9 Å². The van der Waals surface area contributed by atoms with Crippen LogP contribution in [0.25, 0.3) is 0 Å². The molecular weight excluding hydrogens is 350 g/mol. The number of nitrogens with zero attached hydrogens (tertiary/aromatic N) is 1. The highest BCUT2D eigenvalue weighted by molar-refractivity contribution is 5.85. The van der Waals surface area contributed by atoms with Crippen LogP contribution in [-0.2, 0) is 20.9 Å². The molecule has 8 heteroatoms. The fraction of sp³-hybridized carbons (Fsp3) is 0.526. The highest BCUT2D eigenvalue weighted by atomic mass is 16.6. The highest BCUT2D eigenvalue weighted by Gasteiger charge is 2.23. The second-order valence-electron chi connectivity index (χ2n) is 7.37. The van der Waals surface area contributed by atoms with Crippen molar-refractivity contribution in [3.05, 3.63) is 29.8 Å². The lowest BCUT2D eigenvalue weighted by atomic mass is 10.2. The van der Waals surface area contributed by atoms with Gasteiger partial charge in [-0.3, -0.25) is 9.59 Å². The van der Waals surface area contributed by atoms with E-state index in [0.29, 0.717) is 18.8 Å². The van der Waals surface area contributed by atoms with E-state index in [-0.39, 0.29) is 25.0 Å². The molecule has 1 atom stereocenters. The average Bonchev–Trinajstić information content (AvgIpc) is 2.72. The number of nitrogens with one attached hydrogen (secondary N) is 2. The summed E-state index contributed by atoms with van der Waals surface area (Å²) < 4.78 is 10.6. The average molecular weight is 377 g/mol. The van der Waals surface area contributed by atoms with Crippen molar-refractivity contribution in [2.24, 2.45) is 0 Å². The van der Waals surface area contributed by atoms with Crippen LogP contribution in [0.5, 0.6) is 5.75 Å². The Balaban J connectivity index is 1.80. The zero-order chi connectivity index (χ0) is 20.0. The summed E-state index contributed by atoms with van der Waals surface area (Å²) in [6.45, 7) is 7.83. The number of rotatable bonds is 5. The number of benzene rings is 1. The maximum absolute atomic E-state index is 12.2. The summed E-state index contributed by atoms with van der Waals surface area (Å²) in [7, 11) is 0. The molecule has 2 N–H and O–H groups in total. The maximum atomic E-state index is 12.2. The Labute approximate surface area is 159 Å². The second-order valence-corrected chi connectivity index (χ2v) is 7.37. The first-order valence-corrected chi connectivity index (χ1v) is 8.91. The van der Waals surface area contributed by atoms with Crippen LogP contribution in [0.4, 0.5) is 4.79 Å². The van der Waals surface area contributed by atoms with Crippen LogP contribution in [0.3, 0.4) is 0 Å². The molecule has 2 rings (SSSR count). The summed E-state index contributed by atoms with van der Waals surface area (Å²) in [4.78, 5) is 37.7. The second kappa shape index (κ2) is 8.75. The largest absolute Gasteiger partial charge is 0.483 e. The molecule has 0 bridgehead atoms. The third-order valence-corrected chi connectivity index (χ3v) is 3.85. The number of hydrogen-bond donors (Lipinski definition) is 2. The molecule has 0 aliphatic carbocycles. The molecule has 27 heavy (non-hydrogen) atoms. The van der Waals surface area contributed by atoms with Gasteiger partial charge in [0, 0.05) is 25.2 Å². The predicted octanol–water partition coefficient (Wildman–Crippen LogP) is 1.44. The van der Waals surface area contributed by atoms with Gasteiger partial charge in [0.15, 0.2) is 6.61 Å². The Kier molecular flexibility index (Phi) is 6.65. The Morgan fingerprint density at radius 3 is 2.70 bits per heavy atom. The lowest BCUT2D eigenvalue weighted by Crippen LogP contribution is -2.48. The molecule has 0 aromatic heterocycles. The van der Waals surface area contributed by atoms with Crippen LogP contribution in [0.15, 0.2) is 24.3 Å². The van der Waals surface area contributed by atoms with Crippen LogP contribution in [0.1, 0.15) is 33.3 Å². The predicted molar refractivity (Wildman–Crippen MR) is 99.2 cm³/mol. The number of alkyl carbamates (subject to hydrolysis) is 1. The van der Waals surface area contributed by atoms with E-state index in [1.165, 1.54) is 0 Å². The van der Waals surface area contributed by atoms with Crippen molar-refractivity contribution in [3.63, 3.8) is 0 Å². The molecule has 8 nitrogen and oxygen atoms in total. The Bertz CT molecular complexity index is 699. The third-order valence-electron chi connectivity index (χ3n) is 3.85. The van der Waals surface area contributed by atoms with E-state index in [2.05, 4.69) is 10.6 Å². The zero-order valence-electron chi connectivity index (χ0n) is 16.2. The first-order chi connectivity index (χ1) is 12.7. The van der Waals surface area contributed by atoms with E-state index in [1.807, 2.05) is 24.3 Å². The molecular formula is C19H27N3O5. The molecule has 1 aromatic carbocycles. The Morgan fingerprint density at radius 2 is 2.00 bits per heavy atom. The topological polar surface area (TPSA) is 97.0 Å². The van der Waals surface area contributed by atoms with Crippen molar-refractivity contribution < 1.29 is 23.9 Å². The molecule has 0 saturated carbocycles. The minimum absolute atomic E-state index is 0.0262. The molecule has 1 heterocycles. The normalized spacial score (nSPS) is 15.1. The van der Waals surface area contributed by atoms with Crippen molar-refractivity contribution in [2.75, 3.05) is 19.7 Å². The van der Waals surface area contributed by atoms with Crippen molar-refractivity contribution in [1.82, 2.24) is 15.5 Å². The zero-order valence-corrected chi connectivity index (χ0v) is 16.2. The number of para-hydroxylation sites is 1. The van der Waals surface area contributed by atoms with Gasteiger partial charge in [0.05, 0.1) is 0 Å². The standard InChI is InChI=1S/C19H27N3O5/c1-13(21-18(25)27-19(2,3)4)17(24)20-9-10-22-11-14-7-5-6-8-15(14)26-12-16(22)23/h5-8,13H,9-12H2,1-4H3,(H,20,24)(H,21,25). The number of ether oxygens (including phenoxy) is 2. The lowest BCUT2D eigenvalue weighted by Gasteiger charge is -2.23. The molecule has 1 aliphatic rings. The number of amides is 3. The fourth-order valence-corrected chi connectivity index (χ4v) is 2.52. The van der Waals surface area contributed by atoms with Gasteiger partial charge in [0.2, 0.25) is 5.91 Å². The van der Waals surface area contributed by atoms with E-state index < -0.39 is 17.7 Å². The minimum Gasteiger partial charge on any atom is -0.483 e. The van der Waals surface area contributed by atoms with Crippen LogP contribution in [0, 0.1) is 0 Å². The molecule has 1 aliphatic heterocycles. The van der Waals surface area contributed by atoms with Crippen molar-refractivity contribution in [1.29, 1.82) is 0 Å². The van der Waals surface area contributed by atoms with Gasteiger partial charge in [0.1, 0.15) is 17.4 Å². The van der Waals surface area contributed by atoms with E-state index in [0.717, 1.165) is 5.56 Å². The summed E-state index contributed by atoms with van der Waals surface area (Å²) in [6.07, 6.45) is -0.651. The molecule has 1 aromatic rings. The molecule has 1 unspecified atom stereocenters. The molecule has 0 saturated heterocycles. The van der Waals surface area contributed by atoms with Crippen molar-refractivity contribution in [2.45, 2.75) is 45.9 Å². The molecule has 3 amide bonds. The monoisotopic (exact) mass is 377 g/mol. The molecule has 0 spiro atoms. The summed E-state index contributed by atoms with van der Waals surface area (Å²) in [6, 6.07) is 6.74. The first kappa shape index (κ1) is 20.5.